The fourth-order valence-electron chi connectivity index (χ4n) is 2.15. The van der Waals surface area contributed by atoms with E-state index in [0.29, 0.717) is 5.69 Å². The molecular weight excluding hydrogens is 332 g/mol. The third-order valence-electron chi connectivity index (χ3n) is 3.31. The van der Waals surface area contributed by atoms with Gasteiger partial charge in [-0.1, -0.05) is 17.7 Å². The van der Waals surface area contributed by atoms with E-state index in [9.17, 15) is 9.59 Å². The second kappa shape index (κ2) is 8.54. The molecular formula is C20H32N2O4. The van der Waals surface area contributed by atoms with E-state index in [1.807, 2.05) is 52.8 Å². The molecule has 0 aromatic heterocycles. The number of hydrogen-bond acceptors (Lipinski definition) is 4. The highest BCUT2D eigenvalue weighted by Crippen LogP contribution is 2.16. The van der Waals surface area contributed by atoms with Gasteiger partial charge in [-0.2, -0.15) is 0 Å². The minimum absolute atomic E-state index is 0.0265. The third-order valence-corrected chi connectivity index (χ3v) is 3.31. The summed E-state index contributed by atoms with van der Waals surface area (Å²) in [6.45, 7) is 14.9. The number of rotatable bonds is 5. The van der Waals surface area contributed by atoms with Crippen LogP contribution in [0, 0.1) is 13.8 Å². The van der Waals surface area contributed by atoms with E-state index in [2.05, 4.69) is 10.6 Å². The van der Waals surface area contributed by atoms with E-state index in [4.69, 9.17) is 9.47 Å². The highest BCUT2D eigenvalue weighted by molar-refractivity contribution is 5.93. The fourth-order valence-corrected chi connectivity index (χ4v) is 2.15. The molecule has 6 heteroatoms. The maximum atomic E-state index is 12.4. The number of amides is 2. The summed E-state index contributed by atoms with van der Waals surface area (Å²) in [6, 6.07) is 4.34. The number of anilines is 1. The Kier molecular flexibility index (Phi) is 7.21. The summed E-state index contributed by atoms with van der Waals surface area (Å²) in [5.41, 5.74) is 1.65. The number of ether oxygens (including phenoxy) is 2. The molecule has 0 bridgehead atoms. The van der Waals surface area contributed by atoms with E-state index in [1.165, 1.54) is 0 Å². The highest BCUT2D eigenvalue weighted by atomic mass is 16.6. The zero-order chi connectivity index (χ0) is 20.1. The number of benzene rings is 1. The van der Waals surface area contributed by atoms with Crippen LogP contribution in [0.25, 0.3) is 0 Å². The summed E-state index contributed by atoms with van der Waals surface area (Å²) in [4.78, 5) is 24.8. The predicted molar refractivity (Wildman–Crippen MR) is 103 cm³/mol. The van der Waals surface area contributed by atoms with Crippen LogP contribution in [0.4, 0.5) is 10.5 Å². The molecule has 6 nitrogen and oxygen atoms in total. The molecule has 26 heavy (non-hydrogen) atoms. The minimum Gasteiger partial charge on any atom is -0.458 e. The molecule has 0 spiro atoms. The van der Waals surface area contributed by atoms with Gasteiger partial charge < -0.3 is 20.1 Å². The first-order valence-corrected chi connectivity index (χ1v) is 8.78. The van der Waals surface area contributed by atoms with Crippen LogP contribution in [-0.2, 0) is 14.3 Å². The maximum absolute atomic E-state index is 12.4. The second-order valence-corrected chi connectivity index (χ2v) is 8.43. The van der Waals surface area contributed by atoms with Gasteiger partial charge in [-0.15, -0.1) is 0 Å². The van der Waals surface area contributed by atoms with Crippen LogP contribution in [0.2, 0.25) is 0 Å². The lowest BCUT2D eigenvalue weighted by Crippen LogP contribution is -2.49. The van der Waals surface area contributed by atoms with E-state index >= 15 is 0 Å². The van der Waals surface area contributed by atoms with Crippen LogP contribution >= 0.6 is 0 Å². The van der Waals surface area contributed by atoms with Crippen molar-refractivity contribution in [3.8, 4) is 0 Å². The van der Waals surface area contributed by atoms with Crippen molar-refractivity contribution in [3.63, 3.8) is 0 Å². The van der Waals surface area contributed by atoms with Crippen molar-refractivity contribution in [2.45, 2.75) is 72.6 Å². The largest absolute Gasteiger partial charge is 0.458 e. The van der Waals surface area contributed by atoms with Gasteiger partial charge in [0, 0.05) is 5.69 Å². The first kappa shape index (κ1) is 22.0. The quantitative estimate of drug-likeness (QED) is 0.776. The van der Waals surface area contributed by atoms with Gasteiger partial charge in [0.05, 0.1) is 12.2 Å². The molecule has 2 N–H and O–H groups in total. The predicted octanol–water partition coefficient (Wildman–Crippen LogP) is 3.95. The van der Waals surface area contributed by atoms with Crippen LogP contribution in [-0.4, -0.2) is 35.9 Å². The van der Waals surface area contributed by atoms with E-state index in [-0.39, 0.29) is 6.61 Å². The summed E-state index contributed by atoms with van der Waals surface area (Å²) >= 11 is 0. The number of carbonyl (C=O) groups is 2. The lowest BCUT2D eigenvalue weighted by Gasteiger charge is -2.27. The molecule has 0 saturated heterocycles. The Hall–Kier alpha value is -2.08. The average molecular weight is 364 g/mol. The Labute approximate surface area is 156 Å². The van der Waals surface area contributed by atoms with Gasteiger partial charge in [-0.25, -0.2) is 9.59 Å². The summed E-state index contributed by atoms with van der Waals surface area (Å²) in [7, 11) is 0. The molecule has 0 saturated carbocycles. The van der Waals surface area contributed by atoms with Gasteiger partial charge in [0.15, 0.2) is 6.04 Å². The first-order valence-electron chi connectivity index (χ1n) is 8.78. The van der Waals surface area contributed by atoms with Crippen LogP contribution in [0.15, 0.2) is 18.2 Å². The van der Waals surface area contributed by atoms with Crippen molar-refractivity contribution >= 4 is 17.7 Å². The first-order chi connectivity index (χ1) is 11.8. The minimum atomic E-state index is -0.904. The standard InChI is InChI=1S/C20H32N2O4/c1-13-9-10-15(14(2)11-13)21-18(24)22-16(12-25-19(3,4)5)17(23)26-20(6,7)8/h9-11,16H,12H2,1-8H3,(H2,21,22,24). The number of urea groups is 1. The molecule has 0 radical (unpaired) electrons. The van der Waals surface area contributed by atoms with E-state index in [1.54, 1.807) is 20.8 Å². The summed E-state index contributed by atoms with van der Waals surface area (Å²) in [5.74, 6) is -0.530. The van der Waals surface area contributed by atoms with Gasteiger partial charge in [0.1, 0.15) is 5.60 Å². The van der Waals surface area contributed by atoms with Gasteiger partial charge in [-0.3, -0.25) is 0 Å². The second-order valence-electron chi connectivity index (χ2n) is 8.43. The Morgan fingerprint density at radius 1 is 1.04 bits per heavy atom. The van der Waals surface area contributed by atoms with Crippen LogP contribution < -0.4 is 10.6 Å². The number of aryl methyl sites for hydroxylation is 2. The van der Waals surface area contributed by atoms with Crippen molar-refractivity contribution in [3.05, 3.63) is 29.3 Å². The molecule has 2 amide bonds. The molecule has 1 aromatic rings. The van der Waals surface area contributed by atoms with Crippen LogP contribution in [0.1, 0.15) is 52.7 Å². The normalized spacial score (nSPS) is 13.1. The monoisotopic (exact) mass is 364 g/mol. The molecule has 1 rings (SSSR count). The molecule has 1 atom stereocenters. The molecule has 1 unspecified atom stereocenters. The molecule has 1 aromatic carbocycles. The van der Waals surface area contributed by atoms with Gasteiger partial charge >= 0.3 is 12.0 Å². The van der Waals surface area contributed by atoms with Gasteiger partial charge in [-0.05, 0) is 67.0 Å². The maximum Gasteiger partial charge on any atom is 0.331 e. The van der Waals surface area contributed by atoms with Crippen LogP contribution in [0.5, 0.6) is 0 Å². The highest BCUT2D eigenvalue weighted by Gasteiger charge is 2.28. The molecule has 0 fully saturated rings. The number of nitrogens with one attached hydrogen (secondary N) is 2. The van der Waals surface area contributed by atoms with E-state index in [0.717, 1.165) is 11.1 Å². The lowest BCUT2D eigenvalue weighted by atomic mass is 10.1. The zero-order valence-electron chi connectivity index (χ0n) is 17.1. The summed E-state index contributed by atoms with van der Waals surface area (Å²) in [6.07, 6.45) is 0. The number of carbonyl (C=O) groups excluding carboxylic acids is 2. The lowest BCUT2D eigenvalue weighted by molar-refractivity contribution is -0.160. The fraction of sp³-hybridized carbons (Fsp3) is 0.600. The molecule has 146 valence electrons. The van der Waals surface area contributed by atoms with Gasteiger partial charge in [0.2, 0.25) is 0 Å². The van der Waals surface area contributed by atoms with Crippen molar-refractivity contribution in [1.82, 2.24) is 5.32 Å². The Morgan fingerprint density at radius 2 is 1.65 bits per heavy atom. The molecule has 0 aliphatic heterocycles. The Morgan fingerprint density at radius 3 is 2.15 bits per heavy atom. The Bertz CT molecular complexity index is 642. The summed E-state index contributed by atoms with van der Waals surface area (Å²) in [5, 5.41) is 5.42. The van der Waals surface area contributed by atoms with Crippen molar-refractivity contribution in [1.29, 1.82) is 0 Å². The molecule has 0 heterocycles. The van der Waals surface area contributed by atoms with Crippen LogP contribution in [0.3, 0.4) is 0 Å². The molecule has 0 aliphatic carbocycles. The smallest absolute Gasteiger partial charge is 0.331 e. The summed E-state index contributed by atoms with van der Waals surface area (Å²) < 4.78 is 11.1. The third kappa shape index (κ3) is 8.34. The number of esters is 1. The topological polar surface area (TPSA) is 76.7 Å². The molecule has 0 aliphatic rings. The van der Waals surface area contributed by atoms with Crippen molar-refractivity contribution < 1.29 is 19.1 Å². The SMILES string of the molecule is Cc1ccc(NC(=O)NC(COC(C)(C)C)C(=O)OC(C)(C)C)c(C)c1. The average Bonchev–Trinajstić information content (AvgIpc) is 2.43. The van der Waals surface area contributed by atoms with Crippen molar-refractivity contribution in [2.24, 2.45) is 0 Å². The Balaban J connectivity index is 2.82. The van der Waals surface area contributed by atoms with Gasteiger partial charge in [0.25, 0.3) is 0 Å². The van der Waals surface area contributed by atoms with Crippen molar-refractivity contribution in [2.75, 3.05) is 11.9 Å². The van der Waals surface area contributed by atoms with E-state index < -0.39 is 29.2 Å². The number of hydrogen-bond donors (Lipinski definition) is 2. The zero-order valence-corrected chi connectivity index (χ0v) is 17.1.